The van der Waals surface area contributed by atoms with Crippen LogP contribution in [0.2, 0.25) is 0 Å². The van der Waals surface area contributed by atoms with E-state index in [-0.39, 0.29) is 11.8 Å². The lowest BCUT2D eigenvalue weighted by Gasteiger charge is -2.13. The molecule has 2 aliphatic rings. The summed E-state index contributed by atoms with van der Waals surface area (Å²) in [6, 6.07) is 18.6. The fourth-order valence-electron chi connectivity index (χ4n) is 4.17. The maximum atomic E-state index is 13.2. The molecule has 5 nitrogen and oxygen atoms in total. The summed E-state index contributed by atoms with van der Waals surface area (Å²) in [6.07, 6.45) is 6.15. The SMILES string of the molecule is CC1=NN(c2ccccc2)C(=O)/C1=C/c1c(NC(=O)c2ccccc2)sc2c1CCCC2. The van der Waals surface area contributed by atoms with E-state index < -0.39 is 0 Å². The van der Waals surface area contributed by atoms with E-state index in [1.807, 2.05) is 61.5 Å². The molecule has 2 heterocycles. The van der Waals surface area contributed by atoms with Crippen LogP contribution in [-0.2, 0) is 17.6 Å². The number of hydrogen-bond acceptors (Lipinski definition) is 4. The van der Waals surface area contributed by atoms with Crippen molar-refractivity contribution in [1.29, 1.82) is 0 Å². The quantitative estimate of drug-likeness (QED) is 0.529. The zero-order valence-corrected chi connectivity index (χ0v) is 18.6. The molecule has 2 aromatic carbocycles. The number of amides is 2. The van der Waals surface area contributed by atoms with Gasteiger partial charge in [-0.2, -0.15) is 10.1 Å². The first-order chi connectivity index (χ1) is 15.6. The number of para-hydroxylation sites is 1. The van der Waals surface area contributed by atoms with E-state index in [1.54, 1.807) is 23.5 Å². The number of thiophene rings is 1. The van der Waals surface area contributed by atoms with Crippen LogP contribution in [0.5, 0.6) is 0 Å². The fourth-order valence-corrected chi connectivity index (χ4v) is 5.44. The van der Waals surface area contributed by atoms with Gasteiger partial charge in [0.1, 0.15) is 5.00 Å². The number of nitrogens with zero attached hydrogens (tertiary/aromatic N) is 2. The van der Waals surface area contributed by atoms with Crippen LogP contribution in [0.4, 0.5) is 10.7 Å². The van der Waals surface area contributed by atoms with Gasteiger partial charge >= 0.3 is 0 Å². The van der Waals surface area contributed by atoms with E-state index in [4.69, 9.17) is 0 Å². The van der Waals surface area contributed by atoms with Crippen LogP contribution in [0.25, 0.3) is 6.08 Å². The molecule has 1 aliphatic heterocycles. The van der Waals surface area contributed by atoms with Crippen molar-refractivity contribution >= 4 is 45.6 Å². The predicted octanol–water partition coefficient (Wildman–Crippen LogP) is 5.69. The summed E-state index contributed by atoms with van der Waals surface area (Å²) >= 11 is 1.63. The Bertz CT molecular complexity index is 1240. The third-order valence-electron chi connectivity index (χ3n) is 5.83. The zero-order chi connectivity index (χ0) is 22.1. The Balaban J connectivity index is 1.52. The summed E-state index contributed by atoms with van der Waals surface area (Å²) in [7, 11) is 0. The van der Waals surface area contributed by atoms with E-state index in [1.165, 1.54) is 15.4 Å². The lowest BCUT2D eigenvalue weighted by Crippen LogP contribution is -2.21. The molecule has 32 heavy (non-hydrogen) atoms. The molecule has 3 aromatic rings. The standard InChI is InChI=1S/C26H23N3O2S/c1-17-21(26(31)29(28-17)19-12-6-3-7-13-19)16-22-20-14-8-9-15-23(20)32-25(22)27-24(30)18-10-4-2-5-11-18/h2-7,10-13,16H,8-9,14-15H2,1H3,(H,27,30)/b21-16+. The predicted molar refractivity (Wildman–Crippen MR) is 130 cm³/mol. The molecule has 2 amide bonds. The van der Waals surface area contributed by atoms with Crippen LogP contribution >= 0.6 is 11.3 Å². The van der Waals surface area contributed by atoms with Crippen molar-refractivity contribution in [3.8, 4) is 0 Å². The second-order valence-electron chi connectivity index (χ2n) is 7.97. The first-order valence-corrected chi connectivity index (χ1v) is 11.6. The van der Waals surface area contributed by atoms with Gasteiger partial charge in [0.25, 0.3) is 11.8 Å². The van der Waals surface area contributed by atoms with Crippen molar-refractivity contribution in [2.24, 2.45) is 5.10 Å². The number of nitrogens with one attached hydrogen (secondary N) is 1. The number of benzene rings is 2. The van der Waals surface area contributed by atoms with Gasteiger partial charge < -0.3 is 5.32 Å². The number of hydrazone groups is 1. The van der Waals surface area contributed by atoms with E-state index in [0.717, 1.165) is 41.9 Å². The third kappa shape index (κ3) is 3.78. The lowest BCUT2D eigenvalue weighted by molar-refractivity contribution is -0.114. The molecule has 0 spiro atoms. The number of hydrogen-bond donors (Lipinski definition) is 1. The topological polar surface area (TPSA) is 61.8 Å². The van der Waals surface area contributed by atoms with Crippen LogP contribution < -0.4 is 10.3 Å². The van der Waals surface area contributed by atoms with Crippen molar-refractivity contribution in [3.63, 3.8) is 0 Å². The Morgan fingerprint density at radius 2 is 1.72 bits per heavy atom. The second kappa shape index (κ2) is 8.55. The van der Waals surface area contributed by atoms with Crippen molar-refractivity contribution in [2.75, 3.05) is 10.3 Å². The number of carbonyl (C=O) groups excluding carboxylic acids is 2. The van der Waals surface area contributed by atoms with E-state index in [9.17, 15) is 9.59 Å². The maximum absolute atomic E-state index is 13.2. The average Bonchev–Trinajstić information content (AvgIpc) is 3.32. The average molecular weight is 442 g/mol. The Kier molecular flexibility index (Phi) is 5.45. The highest BCUT2D eigenvalue weighted by atomic mass is 32.1. The van der Waals surface area contributed by atoms with Gasteiger partial charge in [0, 0.05) is 16.0 Å². The lowest BCUT2D eigenvalue weighted by atomic mass is 9.94. The van der Waals surface area contributed by atoms with Crippen LogP contribution in [0.1, 0.15) is 46.1 Å². The fraction of sp³-hybridized carbons (Fsp3) is 0.192. The highest BCUT2D eigenvalue weighted by Gasteiger charge is 2.30. The summed E-state index contributed by atoms with van der Waals surface area (Å²) in [5.41, 5.74) is 4.79. The van der Waals surface area contributed by atoms with Gasteiger partial charge in [0.05, 0.1) is 17.0 Å². The normalized spacial score (nSPS) is 16.8. The highest BCUT2D eigenvalue weighted by molar-refractivity contribution is 7.16. The van der Waals surface area contributed by atoms with Crippen molar-refractivity contribution in [1.82, 2.24) is 0 Å². The van der Waals surface area contributed by atoms with Crippen LogP contribution in [-0.4, -0.2) is 17.5 Å². The van der Waals surface area contributed by atoms with Gasteiger partial charge in [-0.1, -0.05) is 36.4 Å². The minimum atomic E-state index is -0.148. The molecule has 0 radical (unpaired) electrons. The second-order valence-corrected chi connectivity index (χ2v) is 9.07. The monoisotopic (exact) mass is 441 g/mol. The third-order valence-corrected chi connectivity index (χ3v) is 7.05. The van der Waals surface area contributed by atoms with E-state index in [0.29, 0.717) is 16.8 Å². The Hall–Kier alpha value is -3.51. The first kappa shape index (κ1) is 20.4. The van der Waals surface area contributed by atoms with Crippen LogP contribution in [0.15, 0.2) is 71.3 Å². The number of fused-ring (bicyclic) bond motifs is 1. The van der Waals surface area contributed by atoms with Gasteiger partial charge in [0.15, 0.2) is 0 Å². The van der Waals surface area contributed by atoms with Crippen molar-refractivity contribution in [3.05, 3.63) is 87.8 Å². The number of anilines is 2. The molecule has 0 unspecified atom stereocenters. The minimum Gasteiger partial charge on any atom is -0.313 e. The van der Waals surface area contributed by atoms with Gasteiger partial charge in [-0.25, -0.2) is 0 Å². The molecule has 1 aliphatic carbocycles. The number of carbonyl (C=O) groups is 2. The maximum Gasteiger partial charge on any atom is 0.280 e. The van der Waals surface area contributed by atoms with Gasteiger partial charge in [-0.05, 0) is 68.5 Å². The zero-order valence-electron chi connectivity index (χ0n) is 17.8. The Morgan fingerprint density at radius 1 is 1.03 bits per heavy atom. The van der Waals surface area contributed by atoms with E-state index in [2.05, 4.69) is 10.4 Å². The molecule has 1 aromatic heterocycles. The van der Waals surface area contributed by atoms with Crippen molar-refractivity contribution < 1.29 is 9.59 Å². The first-order valence-electron chi connectivity index (χ1n) is 10.8. The van der Waals surface area contributed by atoms with Crippen LogP contribution in [0.3, 0.4) is 0 Å². The molecule has 0 atom stereocenters. The number of aryl methyl sites for hydroxylation is 1. The smallest absolute Gasteiger partial charge is 0.280 e. The number of rotatable bonds is 4. The van der Waals surface area contributed by atoms with Gasteiger partial charge in [0.2, 0.25) is 0 Å². The molecular formula is C26H23N3O2S. The molecule has 6 heteroatoms. The molecule has 5 rings (SSSR count). The highest BCUT2D eigenvalue weighted by Crippen LogP contribution is 2.40. The molecule has 0 bridgehead atoms. The largest absolute Gasteiger partial charge is 0.313 e. The van der Waals surface area contributed by atoms with Crippen LogP contribution in [0, 0.1) is 0 Å². The molecule has 0 fully saturated rings. The summed E-state index contributed by atoms with van der Waals surface area (Å²) < 4.78 is 0. The molecular weight excluding hydrogens is 418 g/mol. The van der Waals surface area contributed by atoms with Gasteiger partial charge in [-0.15, -0.1) is 11.3 Å². The Morgan fingerprint density at radius 3 is 2.47 bits per heavy atom. The summed E-state index contributed by atoms with van der Waals surface area (Å²) in [5, 5.41) is 9.85. The van der Waals surface area contributed by atoms with Gasteiger partial charge in [-0.3, -0.25) is 9.59 Å². The van der Waals surface area contributed by atoms with E-state index >= 15 is 0 Å². The molecule has 0 saturated carbocycles. The summed E-state index contributed by atoms with van der Waals surface area (Å²) in [5.74, 6) is -0.289. The molecule has 160 valence electrons. The molecule has 1 N–H and O–H groups in total. The summed E-state index contributed by atoms with van der Waals surface area (Å²) in [6.45, 7) is 1.85. The minimum absolute atomic E-state index is 0.141. The van der Waals surface area contributed by atoms with Crippen molar-refractivity contribution in [2.45, 2.75) is 32.6 Å². The molecule has 0 saturated heterocycles. The Labute approximate surface area is 191 Å². The summed E-state index contributed by atoms with van der Waals surface area (Å²) in [4.78, 5) is 27.4.